The van der Waals surface area contributed by atoms with Gasteiger partial charge in [-0.15, -0.1) is 0 Å². The van der Waals surface area contributed by atoms with Gasteiger partial charge in [-0.05, 0) is 31.8 Å². The molecule has 0 fully saturated rings. The fraction of sp³-hybridized carbons (Fsp3) is 0.688. The molecule has 0 unspecified atom stereocenters. The lowest BCUT2D eigenvalue weighted by Gasteiger charge is -2.51. The molecular formula is C16H24O4. The normalized spacial score (nSPS) is 43.9. The summed E-state index contributed by atoms with van der Waals surface area (Å²) in [5.41, 5.74) is -1.53. The minimum Gasteiger partial charge on any atom is -0.396 e. The summed E-state index contributed by atoms with van der Waals surface area (Å²) in [6, 6.07) is 0. The molecule has 0 aliphatic heterocycles. The van der Waals surface area contributed by atoms with E-state index in [1.54, 1.807) is 19.9 Å². The Balaban J connectivity index is 2.54. The number of aliphatic hydroxyl groups is 3. The highest BCUT2D eigenvalue weighted by atomic mass is 16.3. The molecule has 0 bridgehead atoms. The summed E-state index contributed by atoms with van der Waals surface area (Å²) >= 11 is 0. The molecule has 0 saturated carbocycles. The van der Waals surface area contributed by atoms with Crippen molar-refractivity contribution in [3.8, 4) is 0 Å². The van der Waals surface area contributed by atoms with Crippen molar-refractivity contribution in [1.29, 1.82) is 0 Å². The first-order valence-electron chi connectivity index (χ1n) is 7.19. The molecule has 3 N–H and O–H groups in total. The van der Waals surface area contributed by atoms with Crippen molar-refractivity contribution in [2.45, 2.75) is 45.3 Å². The number of ketones is 1. The Kier molecular flexibility index (Phi) is 3.93. The number of aliphatic hydroxyl groups excluding tert-OH is 2. The van der Waals surface area contributed by atoms with E-state index in [1.807, 2.05) is 13.0 Å². The molecule has 0 amide bonds. The van der Waals surface area contributed by atoms with E-state index in [2.05, 4.69) is 6.08 Å². The second-order valence-electron chi connectivity index (χ2n) is 6.50. The minimum absolute atomic E-state index is 0.00740. The summed E-state index contributed by atoms with van der Waals surface area (Å²) in [6.45, 7) is 5.08. The van der Waals surface area contributed by atoms with E-state index in [9.17, 15) is 15.0 Å². The third-order valence-electron chi connectivity index (χ3n) is 5.03. The van der Waals surface area contributed by atoms with Crippen LogP contribution in [0.25, 0.3) is 0 Å². The molecule has 2 rings (SSSR count). The summed E-state index contributed by atoms with van der Waals surface area (Å²) in [6.07, 6.45) is 5.43. The molecule has 112 valence electrons. The second kappa shape index (κ2) is 5.10. The first-order valence-corrected chi connectivity index (χ1v) is 7.19. The zero-order valence-electron chi connectivity index (χ0n) is 12.3. The highest BCUT2D eigenvalue weighted by molar-refractivity contribution is 5.87. The van der Waals surface area contributed by atoms with Crippen LogP contribution in [0.3, 0.4) is 0 Å². The van der Waals surface area contributed by atoms with E-state index in [0.29, 0.717) is 6.42 Å². The lowest BCUT2D eigenvalue weighted by atomic mass is 9.54. The first kappa shape index (κ1) is 15.4. The van der Waals surface area contributed by atoms with Crippen LogP contribution in [-0.2, 0) is 4.79 Å². The molecule has 2 aliphatic carbocycles. The molecule has 2 aliphatic rings. The number of allylic oxidation sites excluding steroid dienone is 2. The summed E-state index contributed by atoms with van der Waals surface area (Å²) in [4.78, 5) is 12.5. The average Bonchev–Trinajstić information content (AvgIpc) is 2.33. The van der Waals surface area contributed by atoms with Crippen molar-refractivity contribution in [1.82, 2.24) is 0 Å². The number of carbonyl (C=O) groups excluding carboxylic acids is 1. The number of hydrogen-bond donors (Lipinski definition) is 3. The van der Waals surface area contributed by atoms with Crippen molar-refractivity contribution in [3.63, 3.8) is 0 Å². The van der Waals surface area contributed by atoms with E-state index in [0.717, 1.165) is 5.57 Å². The van der Waals surface area contributed by atoms with Crippen LogP contribution in [0.2, 0.25) is 0 Å². The molecular weight excluding hydrogens is 256 g/mol. The van der Waals surface area contributed by atoms with E-state index in [-0.39, 0.29) is 24.7 Å². The van der Waals surface area contributed by atoms with Crippen LogP contribution in [0.15, 0.2) is 23.8 Å². The van der Waals surface area contributed by atoms with E-state index >= 15 is 0 Å². The van der Waals surface area contributed by atoms with Crippen LogP contribution in [0.1, 0.15) is 33.6 Å². The third kappa shape index (κ3) is 2.16. The summed E-state index contributed by atoms with van der Waals surface area (Å²) in [7, 11) is 0. The zero-order valence-corrected chi connectivity index (χ0v) is 12.3. The van der Waals surface area contributed by atoms with Gasteiger partial charge in [0.15, 0.2) is 0 Å². The lowest BCUT2D eigenvalue weighted by Crippen LogP contribution is -2.59. The van der Waals surface area contributed by atoms with Crippen LogP contribution >= 0.6 is 0 Å². The summed E-state index contributed by atoms with van der Waals surface area (Å²) < 4.78 is 0. The lowest BCUT2D eigenvalue weighted by molar-refractivity contribution is -0.152. The fourth-order valence-electron chi connectivity index (χ4n) is 3.68. The van der Waals surface area contributed by atoms with Gasteiger partial charge in [-0.1, -0.05) is 25.2 Å². The Bertz CT molecular complexity index is 463. The van der Waals surface area contributed by atoms with Crippen molar-refractivity contribution < 1.29 is 20.1 Å². The highest BCUT2D eigenvalue weighted by Gasteiger charge is 2.57. The summed E-state index contributed by atoms with van der Waals surface area (Å²) in [5, 5.41) is 30.2. The molecule has 0 aromatic carbocycles. The number of carbonyl (C=O) groups is 1. The van der Waals surface area contributed by atoms with E-state index < -0.39 is 23.0 Å². The van der Waals surface area contributed by atoms with Gasteiger partial charge in [-0.2, -0.15) is 0 Å². The van der Waals surface area contributed by atoms with Gasteiger partial charge in [-0.3, -0.25) is 4.79 Å². The zero-order chi connectivity index (χ0) is 15.1. The summed E-state index contributed by atoms with van der Waals surface area (Å²) in [5.74, 6) is -0.377. The van der Waals surface area contributed by atoms with Gasteiger partial charge in [0, 0.05) is 18.9 Å². The molecule has 0 aromatic rings. The Hall–Kier alpha value is -0.970. The molecule has 0 saturated heterocycles. The molecule has 0 aromatic heterocycles. The second-order valence-corrected chi connectivity index (χ2v) is 6.50. The minimum atomic E-state index is -1.33. The van der Waals surface area contributed by atoms with Gasteiger partial charge in [-0.25, -0.2) is 0 Å². The Morgan fingerprint density at radius 1 is 1.45 bits per heavy atom. The number of rotatable bonds is 3. The van der Waals surface area contributed by atoms with Crippen molar-refractivity contribution >= 4 is 5.78 Å². The molecule has 20 heavy (non-hydrogen) atoms. The van der Waals surface area contributed by atoms with Crippen LogP contribution < -0.4 is 0 Å². The average molecular weight is 280 g/mol. The monoisotopic (exact) mass is 280 g/mol. The van der Waals surface area contributed by atoms with E-state index in [4.69, 9.17) is 5.11 Å². The Morgan fingerprint density at radius 3 is 2.70 bits per heavy atom. The van der Waals surface area contributed by atoms with Gasteiger partial charge in [0.25, 0.3) is 0 Å². The fourth-order valence-corrected chi connectivity index (χ4v) is 3.68. The molecule has 0 radical (unpaired) electrons. The van der Waals surface area contributed by atoms with Crippen LogP contribution in [-0.4, -0.2) is 39.4 Å². The predicted molar refractivity (Wildman–Crippen MR) is 75.9 cm³/mol. The largest absolute Gasteiger partial charge is 0.396 e. The topological polar surface area (TPSA) is 77.8 Å². The SMILES string of the molecule is C[C@H]1C=C2C=C[C@](C)(O)[C@@](C)(C(=O)CCO)[C@@H]2[C@H](O)C1. The van der Waals surface area contributed by atoms with Crippen molar-refractivity contribution in [2.24, 2.45) is 17.3 Å². The molecule has 5 atom stereocenters. The van der Waals surface area contributed by atoms with Crippen molar-refractivity contribution in [2.75, 3.05) is 6.61 Å². The predicted octanol–water partition coefficient (Wildman–Crippen LogP) is 1.21. The molecule has 0 spiro atoms. The van der Waals surface area contributed by atoms with Crippen LogP contribution in [0.5, 0.6) is 0 Å². The number of Topliss-reactive ketones (excluding diaryl/α,β-unsaturated/α-hetero) is 1. The maximum absolute atomic E-state index is 12.5. The highest BCUT2D eigenvalue weighted by Crippen LogP contribution is 2.52. The Labute approximate surface area is 119 Å². The maximum Gasteiger partial charge on any atom is 0.144 e. The smallest absolute Gasteiger partial charge is 0.144 e. The van der Waals surface area contributed by atoms with Crippen LogP contribution in [0, 0.1) is 17.3 Å². The molecule has 4 heteroatoms. The number of fused-ring (bicyclic) bond motifs is 1. The quantitative estimate of drug-likeness (QED) is 0.726. The maximum atomic E-state index is 12.5. The Morgan fingerprint density at radius 2 is 2.10 bits per heavy atom. The van der Waals surface area contributed by atoms with Gasteiger partial charge >= 0.3 is 0 Å². The van der Waals surface area contributed by atoms with Gasteiger partial charge in [0.2, 0.25) is 0 Å². The van der Waals surface area contributed by atoms with Crippen LogP contribution in [0.4, 0.5) is 0 Å². The van der Waals surface area contributed by atoms with Gasteiger partial charge < -0.3 is 15.3 Å². The third-order valence-corrected chi connectivity index (χ3v) is 5.03. The first-order chi connectivity index (χ1) is 9.24. The van der Waals surface area contributed by atoms with Crippen molar-refractivity contribution in [3.05, 3.63) is 23.8 Å². The van der Waals surface area contributed by atoms with Gasteiger partial charge in [0.1, 0.15) is 5.78 Å². The van der Waals surface area contributed by atoms with Gasteiger partial charge in [0.05, 0.1) is 17.1 Å². The molecule has 4 nitrogen and oxygen atoms in total. The molecule has 0 heterocycles. The number of hydrogen-bond acceptors (Lipinski definition) is 4. The standard InChI is InChI=1S/C16H24O4/c1-10-8-11-4-6-15(2,20)16(3,13(19)5-7-17)14(11)12(18)9-10/h4,6,8,10,12,14,17-18,20H,5,7,9H2,1-3H3/t10-,12+,14-,15-,16-/m0/s1. The van der Waals surface area contributed by atoms with E-state index in [1.165, 1.54) is 0 Å².